The first-order valence-corrected chi connectivity index (χ1v) is 5.88. The molecule has 0 radical (unpaired) electrons. The van der Waals surface area contributed by atoms with Crippen molar-refractivity contribution in [2.75, 3.05) is 0 Å². The molecule has 0 fully saturated rings. The fourth-order valence-electron chi connectivity index (χ4n) is 1.80. The van der Waals surface area contributed by atoms with Gasteiger partial charge in [0, 0.05) is 43.4 Å². The quantitative estimate of drug-likeness (QED) is 0.236. The van der Waals surface area contributed by atoms with Gasteiger partial charge in [0.1, 0.15) is 21.9 Å². The second-order valence-electron chi connectivity index (χ2n) is 4.00. The summed E-state index contributed by atoms with van der Waals surface area (Å²) < 4.78 is 15.2. The number of non-ortho nitro benzene ring substituents is 1. The first-order chi connectivity index (χ1) is 9.54. The topological polar surface area (TPSA) is 73.8 Å². The van der Waals surface area contributed by atoms with Crippen molar-refractivity contribution in [3.05, 3.63) is 72.5 Å². The fourth-order valence-corrected chi connectivity index (χ4v) is 1.96. The normalized spacial score (nSPS) is 9.48. The maximum Gasteiger partial charge on any atom is 0.272 e. The van der Waals surface area contributed by atoms with Crippen molar-refractivity contribution in [2.24, 2.45) is 0 Å². The smallest absolute Gasteiger partial charge is 0.272 e. The molecular formula is C14H12ClErFN4O2-2. The number of benzene rings is 1. The summed E-state index contributed by atoms with van der Waals surface area (Å²) in [6.07, 6.45) is 1.51. The monoisotopic (exact) mass is 488 g/mol. The average Bonchev–Trinajstić information content (AvgIpc) is 2.80. The van der Waals surface area contributed by atoms with Crippen LogP contribution < -0.4 is 0 Å². The van der Waals surface area contributed by atoms with Crippen LogP contribution in [0.5, 0.6) is 0 Å². The Hall–Kier alpha value is -1.29. The molecule has 6 nitrogen and oxygen atoms in total. The Kier molecular flexibility index (Phi) is 8.05. The zero-order chi connectivity index (χ0) is 14.3. The Balaban J connectivity index is 0.00000161. The molecule has 0 aliphatic carbocycles. The van der Waals surface area contributed by atoms with Crippen LogP contribution in [-0.2, 0) is 0 Å². The molecule has 0 spiro atoms. The summed E-state index contributed by atoms with van der Waals surface area (Å²) in [7, 11) is 0. The van der Waals surface area contributed by atoms with Crippen molar-refractivity contribution in [3.63, 3.8) is 0 Å². The van der Waals surface area contributed by atoms with Gasteiger partial charge < -0.3 is 14.9 Å². The predicted octanol–water partition coefficient (Wildman–Crippen LogP) is 4.02. The van der Waals surface area contributed by atoms with Gasteiger partial charge in [-0.05, 0) is 18.2 Å². The van der Waals surface area contributed by atoms with E-state index in [1.165, 1.54) is 23.0 Å². The molecule has 3 aromatic rings. The van der Waals surface area contributed by atoms with E-state index >= 15 is 0 Å². The largest absolute Gasteiger partial charge is 0.358 e. The van der Waals surface area contributed by atoms with Gasteiger partial charge in [-0.15, -0.1) is 0 Å². The number of halogens is 2. The molecule has 23 heavy (non-hydrogen) atoms. The molecule has 0 amide bonds. The van der Waals surface area contributed by atoms with E-state index in [0.717, 1.165) is 6.07 Å². The third-order valence-corrected chi connectivity index (χ3v) is 2.93. The number of hydrogen-bond donors (Lipinski definition) is 0. The van der Waals surface area contributed by atoms with Crippen molar-refractivity contribution in [2.45, 2.75) is 0 Å². The Labute approximate surface area is 167 Å². The SMILES string of the molecule is O=[N+]([O-])c1ccc(-n2cc3nc(Cl)ccc3n2)c(F)c1.[CH3-].[CH3-].[Er]. The van der Waals surface area contributed by atoms with Crippen LogP contribution >= 0.6 is 11.6 Å². The summed E-state index contributed by atoms with van der Waals surface area (Å²) in [5.41, 5.74) is 0.844. The summed E-state index contributed by atoms with van der Waals surface area (Å²) in [4.78, 5) is 14.0. The van der Waals surface area contributed by atoms with E-state index in [4.69, 9.17) is 11.6 Å². The van der Waals surface area contributed by atoms with Crippen molar-refractivity contribution in [1.82, 2.24) is 14.8 Å². The van der Waals surface area contributed by atoms with Crippen LogP contribution in [0.4, 0.5) is 10.1 Å². The van der Waals surface area contributed by atoms with Crippen LogP contribution in [0.25, 0.3) is 16.7 Å². The summed E-state index contributed by atoms with van der Waals surface area (Å²) in [5.74, 6) is -0.738. The van der Waals surface area contributed by atoms with Crippen LogP contribution in [0.2, 0.25) is 5.15 Å². The molecule has 1 aromatic carbocycles. The van der Waals surface area contributed by atoms with Gasteiger partial charge in [0.25, 0.3) is 5.69 Å². The molecule has 0 atom stereocenters. The van der Waals surface area contributed by atoms with Gasteiger partial charge in [-0.2, -0.15) is 5.10 Å². The Bertz CT molecular complexity index is 841. The molecule has 0 saturated heterocycles. The predicted molar refractivity (Wildman–Crippen MR) is 83.3 cm³/mol. The maximum absolute atomic E-state index is 13.9. The van der Waals surface area contributed by atoms with E-state index < -0.39 is 10.7 Å². The minimum Gasteiger partial charge on any atom is -0.358 e. The van der Waals surface area contributed by atoms with Crippen LogP contribution in [0, 0.1) is 68.1 Å². The number of aromatic nitrogens is 3. The molecule has 0 unspecified atom stereocenters. The van der Waals surface area contributed by atoms with Gasteiger partial charge in [0.2, 0.25) is 0 Å². The van der Waals surface area contributed by atoms with E-state index in [1.54, 1.807) is 12.1 Å². The minimum atomic E-state index is -0.738. The van der Waals surface area contributed by atoms with Crippen LogP contribution in [0.3, 0.4) is 0 Å². The van der Waals surface area contributed by atoms with Crippen LogP contribution in [0.15, 0.2) is 36.5 Å². The molecular weight excluding hydrogens is 478 g/mol. The number of nitro benzene ring substituents is 1. The van der Waals surface area contributed by atoms with Gasteiger partial charge in [-0.3, -0.25) is 10.1 Å². The maximum atomic E-state index is 13.9. The number of pyridine rings is 1. The molecule has 0 aliphatic heterocycles. The van der Waals surface area contributed by atoms with Crippen molar-refractivity contribution in [3.8, 4) is 5.69 Å². The molecule has 2 heterocycles. The fraction of sp³-hybridized carbons (Fsp3) is 0. The molecule has 0 saturated carbocycles. The first-order valence-electron chi connectivity index (χ1n) is 5.51. The molecule has 0 aliphatic rings. The molecule has 3 rings (SSSR count). The summed E-state index contributed by atoms with van der Waals surface area (Å²) >= 11 is 5.76. The third kappa shape index (κ3) is 4.37. The van der Waals surface area contributed by atoms with Gasteiger partial charge >= 0.3 is 0 Å². The number of fused-ring (bicyclic) bond motifs is 1. The van der Waals surface area contributed by atoms with E-state index in [2.05, 4.69) is 10.1 Å². The number of nitrogens with zero attached hydrogens (tertiary/aromatic N) is 4. The number of hydrogen-bond acceptors (Lipinski definition) is 4. The summed E-state index contributed by atoms with van der Waals surface area (Å²) in [6, 6.07) is 6.59. The van der Waals surface area contributed by atoms with Crippen molar-refractivity contribution < 1.29 is 46.6 Å². The number of nitro groups is 1. The zero-order valence-corrected chi connectivity index (χ0v) is 14.7. The van der Waals surface area contributed by atoms with E-state index in [9.17, 15) is 14.5 Å². The van der Waals surface area contributed by atoms with E-state index in [-0.39, 0.29) is 63.5 Å². The van der Waals surface area contributed by atoms with Crippen molar-refractivity contribution in [1.29, 1.82) is 0 Å². The molecule has 0 N–H and O–H groups in total. The van der Waals surface area contributed by atoms with Crippen LogP contribution in [0.1, 0.15) is 0 Å². The summed E-state index contributed by atoms with van der Waals surface area (Å²) in [5, 5.41) is 15.0. The standard InChI is InChI=1S/C12H6ClFN4O2.2CH3.Er/c13-12-4-2-9-10(15-12)6-17(16-9)11-3-1-7(18(19)20)5-8(11)14;;;/h1-6H;2*1H3;/q;2*-1;. The number of rotatable bonds is 2. The molecule has 0 bridgehead atoms. The Morgan fingerprint density at radius 3 is 2.48 bits per heavy atom. The minimum absolute atomic E-state index is 0. The molecule has 128 valence electrons. The zero-order valence-electron chi connectivity index (χ0n) is 12.1. The van der Waals surface area contributed by atoms with Gasteiger partial charge in [0.15, 0.2) is 5.82 Å². The van der Waals surface area contributed by atoms with E-state index in [0.29, 0.717) is 16.2 Å². The third-order valence-electron chi connectivity index (χ3n) is 2.72. The van der Waals surface area contributed by atoms with Crippen LogP contribution in [-0.4, -0.2) is 19.7 Å². The van der Waals surface area contributed by atoms with Gasteiger partial charge in [-0.25, -0.2) is 14.1 Å². The van der Waals surface area contributed by atoms with Crippen molar-refractivity contribution >= 4 is 28.3 Å². The average molecular weight is 490 g/mol. The Morgan fingerprint density at radius 1 is 1.17 bits per heavy atom. The second kappa shape index (κ2) is 8.53. The van der Waals surface area contributed by atoms with Gasteiger partial charge in [-0.1, -0.05) is 11.6 Å². The van der Waals surface area contributed by atoms with Gasteiger partial charge in [0.05, 0.1) is 17.2 Å². The second-order valence-corrected chi connectivity index (χ2v) is 4.39. The summed E-state index contributed by atoms with van der Waals surface area (Å²) in [6.45, 7) is 0. The Morgan fingerprint density at radius 2 is 1.87 bits per heavy atom. The first kappa shape index (κ1) is 21.7. The molecule has 2 aromatic heterocycles. The molecule has 9 heteroatoms. The van der Waals surface area contributed by atoms with E-state index in [1.807, 2.05) is 0 Å².